The first kappa shape index (κ1) is 42.8. The van der Waals surface area contributed by atoms with Gasteiger partial charge in [-0.25, -0.2) is 0 Å². The van der Waals surface area contributed by atoms with Crippen molar-refractivity contribution in [2.75, 3.05) is 0 Å². The average Bonchev–Trinajstić information content (AvgIpc) is 3.13. The van der Waals surface area contributed by atoms with E-state index in [2.05, 4.69) is 38.1 Å². The van der Waals surface area contributed by atoms with Crippen LogP contribution < -0.4 is 0 Å². The van der Waals surface area contributed by atoms with E-state index in [9.17, 15) is 0 Å². The summed E-state index contributed by atoms with van der Waals surface area (Å²) >= 11 is 0. The predicted molar refractivity (Wildman–Crippen MR) is 198 cm³/mol. The van der Waals surface area contributed by atoms with Gasteiger partial charge in [0.2, 0.25) is 0 Å². The van der Waals surface area contributed by atoms with Crippen LogP contribution in [0.5, 0.6) is 0 Å². The molecule has 6 aromatic carbocycles. The highest BCUT2D eigenvalue weighted by Crippen LogP contribution is 1.99. The average molecular weight is 573 g/mol. The van der Waals surface area contributed by atoms with Gasteiger partial charge in [-0.2, -0.15) is 0 Å². The van der Waals surface area contributed by atoms with Crippen molar-refractivity contribution in [2.24, 2.45) is 0 Å². The number of hydrogen-bond donors (Lipinski definition) is 0. The number of hydrogen-bond acceptors (Lipinski definition) is 0. The maximum atomic E-state index is 2.12. The first-order valence-corrected chi connectivity index (χ1v) is 14.8. The van der Waals surface area contributed by atoms with Crippen LogP contribution in [0.2, 0.25) is 0 Å². The quantitative estimate of drug-likeness (QED) is 0.170. The minimum Gasteiger partial charge on any atom is -0.0776 e. The van der Waals surface area contributed by atoms with E-state index < -0.39 is 0 Å². The molecule has 0 aliphatic carbocycles. The van der Waals surface area contributed by atoms with E-state index in [1.807, 2.05) is 210 Å². The molecule has 6 aromatic rings. The Morgan fingerprint density at radius 2 is 0.279 bits per heavy atom. The Morgan fingerprint density at radius 1 is 0.209 bits per heavy atom. The molecule has 0 heterocycles. The molecule has 0 saturated heterocycles. The summed E-state index contributed by atoms with van der Waals surface area (Å²) in [7, 11) is 0. The van der Waals surface area contributed by atoms with Crippen molar-refractivity contribution in [3.63, 3.8) is 0 Å². The first-order valence-electron chi connectivity index (χ1n) is 14.8. The van der Waals surface area contributed by atoms with E-state index in [4.69, 9.17) is 0 Å². The van der Waals surface area contributed by atoms with Crippen molar-refractivity contribution in [1.82, 2.24) is 0 Å². The second kappa shape index (κ2) is 39.5. The molecule has 0 atom stereocenters. The third-order valence-corrected chi connectivity index (χ3v) is 4.55. The van der Waals surface area contributed by atoms with Gasteiger partial charge in [0.15, 0.2) is 0 Å². The van der Waals surface area contributed by atoms with Crippen LogP contribution in [0.4, 0.5) is 0 Å². The summed E-state index contributed by atoms with van der Waals surface area (Å²) in [6.45, 7) is 12.2. The monoisotopic (exact) mass is 572 g/mol. The summed E-state index contributed by atoms with van der Waals surface area (Å²) in [5.74, 6) is 0. The molecule has 43 heavy (non-hydrogen) atoms. The summed E-state index contributed by atoms with van der Waals surface area (Å²) in [5, 5.41) is 0. The van der Waals surface area contributed by atoms with Crippen molar-refractivity contribution < 1.29 is 0 Å². The maximum absolute atomic E-state index is 2.12. The molecule has 0 amide bonds. The highest BCUT2D eigenvalue weighted by atomic mass is 13.9. The van der Waals surface area contributed by atoms with Gasteiger partial charge >= 0.3 is 0 Å². The molecule has 0 unspecified atom stereocenters. The van der Waals surface area contributed by atoms with Crippen LogP contribution in [0, 0.1) is 13.8 Å². The number of aryl methyl sites for hydroxylation is 2. The van der Waals surface area contributed by atoms with Crippen molar-refractivity contribution in [1.29, 1.82) is 0 Å². The van der Waals surface area contributed by atoms with Crippen LogP contribution >= 0.6 is 0 Å². The van der Waals surface area contributed by atoms with Gasteiger partial charge < -0.3 is 0 Å². The molecule has 0 aliphatic heterocycles. The fraction of sp³-hybridized carbons (Fsp3) is 0.163. The lowest BCUT2D eigenvalue weighted by atomic mass is 10.2. The molecule has 0 heteroatoms. The first-order chi connectivity index (χ1) is 20.8. The Hall–Kier alpha value is -4.68. The topological polar surface area (TPSA) is 0 Å². The summed E-state index contributed by atoms with van der Waals surface area (Å²) < 4.78 is 0. The molecule has 0 fully saturated rings. The second-order valence-electron chi connectivity index (χ2n) is 7.93. The van der Waals surface area contributed by atoms with Gasteiger partial charge in [-0.1, -0.05) is 253 Å². The van der Waals surface area contributed by atoms with E-state index in [0.29, 0.717) is 0 Å². The maximum Gasteiger partial charge on any atom is -0.0398 e. The molecule has 0 spiro atoms. The van der Waals surface area contributed by atoms with Gasteiger partial charge in [0.05, 0.1) is 0 Å². The van der Waals surface area contributed by atoms with E-state index >= 15 is 0 Å². The third-order valence-electron chi connectivity index (χ3n) is 4.55. The molecule has 0 radical (unpaired) electrons. The molecule has 228 valence electrons. The normalized spacial score (nSPS) is 7.58. The van der Waals surface area contributed by atoms with Gasteiger partial charge in [-0.3, -0.25) is 0 Å². The zero-order valence-electron chi connectivity index (χ0n) is 26.6. The zero-order valence-corrected chi connectivity index (χ0v) is 26.6. The highest BCUT2D eigenvalue weighted by molar-refractivity contribution is 5.19. The molecular formula is C43H56. The van der Waals surface area contributed by atoms with E-state index in [0.717, 1.165) is 0 Å². The molecule has 0 nitrogen and oxygen atoms in total. The zero-order chi connectivity index (χ0) is 31.2. The van der Waals surface area contributed by atoms with Crippen LogP contribution in [-0.4, -0.2) is 0 Å². The standard InChI is InChI=1S/C8H10.5C6H6.2C2H6.CH4/c1-7-3-5-8(2)6-4-7;5*1-2-4-6-5-3-1;2*1-2;/h3-6H,1-2H3;5*1-6H;2*1-2H3;1H4. The predicted octanol–water partition coefficient (Wildman–Crippen LogP) is 13.4. The minimum atomic E-state index is 0. The molecule has 0 saturated carbocycles. The Kier molecular flexibility index (Phi) is 39.3. The minimum absolute atomic E-state index is 0. The van der Waals surface area contributed by atoms with Crippen LogP contribution in [0.1, 0.15) is 46.2 Å². The Bertz CT molecular complexity index is 833. The fourth-order valence-electron chi connectivity index (χ4n) is 2.56. The smallest absolute Gasteiger partial charge is 0.0398 e. The molecular weight excluding hydrogens is 516 g/mol. The van der Waals surface area contributed by atoms with Gasteiger partial charge in [-0.05, 0) is 13.8 Å². The van der Waals surface area contributed by atoms with Crippen LogP contribution in [0.25, 0.3) is 0 Å². The van der Waals surface area contributed by atoms with Crippen LogP contribution in [-0.2, 0) is 0 Å². The third kappa shape index (κ3) is 37.3. The van der Waals surface area contributed by atoms with Crippen molar-refractivity contribution >= 4 is 0 Å². The molecule has 0 N–H and O–H groups in total. The van der Waals surface area contributed by atoms with E-state index in [-0.39, 0.29) is 7.43 Å². The van der Waals surface area contributed by atoms with Crippen molar-refractivity contribution in [2.45, 2.75) is 49.0 Å². The van der Waals surface area contributed by atoms with Gasteiger partial charge in [0, 0.05) is 0 Å². The SMILES string of the molecule is C.CC.CC.Cc1ccc(C)cc1.c1ccccc1.c1ccccc1.c1ccccc1.c1ccccc1.c1ccccc1. The molecule has 0 aliphatic rings. The van der Waals surface area contributed by atoms with Crippen molar-refractivity contribution in [3.05, 3.63) is 217 Å². The molecule has 6 rings (SSSR count). The van der Waals surface area contributed by atoms with E-state index in [1.54, 1.807) is 0 Å². The summed E-state index contributed by atoms with van der Waals surface area (Å²) in [6, 6.07) is 68.5. The summed E-state index contributed by atoms with van der Waals surface area (Å²) in [4.78, 5) is 0. The lowest BCUT2D eigenvalue weighted by Crippen LogP contribution is -1.70. The van der Waals surface area contributed by atoms with Crippen LogP contribution in [0.3, 0.4) is 0 Å². The molecule has 0 bridgehead atoms. The van der Waals surface area contributed by atoms with E-state index in [1.165, 1.54) is 11.1 Å². The highest BCUT2D eigenvalue weighted by Gasteiger charge is 1.79. The van der Waals surface area contributed by atoms with Crippen molar-refractivity contribution in [3.8, 4) is 0 Å². The van der Waals surface area contributed by atoms with Gasteiger partial charge in [0.25, 0.3) is 0 Å². The molecule has 0 aromatic heterocycles. The van der Waals surface area contributed by atoms with Crippen LogP contribution in [0.15, 0.2) is 206 Å². The second-order valence-corrected chi connectivity index (χ2v) is 7.93. The number of rotatable bonds is 0. The lowest BCUT2D eigenvalue weighted by molar-refractivity contribution is 1.40. The van der Waals surface area contributed by atoms with Gasteiger partial charge in [0.1, 0.15) is 0 Å². The summed E-state index contributed by atoms with van der Waals surface area (Å²) in [5.41, 5.74) is 2.66. The lowest BCUT2D eigenvalue weighted by Gasteiger charge is -1.90. The Morgan fingerprint density at radius 3 is 0.349 bits per heavy atom. The largest absolute Gasteiger partial charge is 0.0776 e. The Labute approximate surface area is 265 Å². The number of benzene rings is 6. The van der Waals surface area contributed by atoms with Gasteiger partial charge in [-0.15, -0.1) is 0 Å². The summed E-state index contributed by atoms with van der Waals surface area (Å²) in [6.07, 6.45) is 0. The Balaban J connectivity index is -0.000000435. The fourth-order valence-corrected chi connectivity index (χ4v) is 2.56.